The quantitative estimate of drug-likeness (QED) is 0.814. The molecule has 1 aromatic carbocycles. The molecule has 1 unspecified atom stereocenters. The van der Waals surface area contributed by atoms with Crippen LogP contribution in [0.1, 0.15) is 50.7 Å². The first-order chi connectivity index (χ1) is 8.36. The van der Waals surface area contributed by atoms with E-state index in [9.17, 15) is 9.90 Å². The molecule has 0 heterocycles. The fourth-order valence-corrected chi connectivity index (χ4v) is 2.36. The average molecular weight is 244 g/mol. The SMILES string of the molecule is CC(C)(C)c1ccc(C2CC(=O)C=C(O)C2)cc1. The van der Waals surface area contributed by atoms with Crippen LogP contribution in [0.15, 0.2) is 36.1 Å². The Kier molecular flexibility index (Phi) is 3.29. The summed E-state index contributed by atoms with van der Waals surface area (Å²) in [5.74, 6) is 0.344. The second kappa shape index (κ2) is 4.60. The van der Waals surface area contributed by atoms with Crippen LogP contribution in [-0.2, 0) is 10.2 Å². The van der Waals surface area contributed by atoms with E-state index in [1.807, 2.05) is 0 Å². The highest BCUT2D eigenvalue weighted by atomic mass is 16.3. The molecule has 0 radical (unpaired) electrons. The molecule has 2 nitrogen and oxygen atoms in total. The van der Waals surface area contributed by atoms with E-state index in [1.165, 1.54) is 11.6 Å². The van der Waals surface area contributed by atoms with Gasteiger partial charge in [-0.15, -0.1) is 0 Å². The molecule has 1 aromatic rings. The van der Waals surface area contributed by atoms with E-state index in [0.717, 1.165) is 5.56 Å². The van der Waals surface area contributed by atoms with E-state index in [0.29, 0.717) is 12.8 Å². The van der Waals surface area contributed by atoms with Crippen molar-refractivity contribution in [2.45, 2.75) is 44.9 Å². The van der Waals surface area contributed by atoms with Crippen molar-refractivity contribution in [3.63, 3.8) is 0 Å². The Balaban J connectivity index is 2.21. The smallest absolute Gasteiger partial charge is 0.159 e. The predicted molar refractivity (Wildman–Crippen MR) is 72.8 cm³/mol. The van der Waals surface area contributed by atoms with Gasteiger partial charge in [0.25, 0.3) is 0 Å². The maximum absolute atomic E-state index is 11.4. The maximum Gasteiger partial charge on any atom is 0.159 e. The van der Waals surface area contributed by atoms with Gasteiger partial charge in [0.15, 0.2) is 5.78 Å². The third-order valence-corrected chi connectivity index (χ3v) is 3.48. The molecule has 0 fully saturated rings. The van der Waals surface area contributed by atoms with Gasteiger partial charge in [0.1, 0.15) is 0 Å². The Labute approximate surface area is 108 Å². The molecule has 0 saturated carbocycles. The van der Waals surface area contributed by atoms with Crippen LogP contribution in [0.3, 0.4) is 0 Å². The third kappa shape index (κ3) is 2.81. The maximum atomic E-state index is 11.4. The topological polar surface area (TPSA) is 37.3 Å². The standard InChI is InChI=1S/C16H20O2/c1-16(2,3)13-6-4-11(5-7-13)12-8-14(17)10-15(18)9-12/h4-7,10,12,17H,8-9H2,1-3H3. The second-order valence-electron chi connectivity index (χ2n) is 6.08. The summed E-state index contributed by atoms with van der Waals surface area (Å²) < 4.78 is 0. The molecule has 96 valence electrons. The third-order valence-electron chi connectivity index (χ3n) is 3.48. The first-order valence-electron chi connectivity index (χ1n) is 6.39. The fraction of sp³-hybridized carbons (Fsp3) is 0.438. The Morgan fingerprint density at radius 2 is 1.72 bits per heavy atom. The molecule has 0 aliphatic heterocycles. The molecular weight excluding hydrogens is 224 g/mol. The highest BCUT2D eigenvalue weighted by Crippen LogP contribution is 2.32. The van der Waals surface area contributed by atoms with Gasteiger partial charge in [0.05, 0.1) is 5.76 Å². The minimum absolute atomic E-state index is 0.0173. The summed E-state index contributed by atoms with van der Waals surface area (Å²) >= 11 is 0. The number of allylic oxidation sites excluding steroid dienone is 2. The molecule has 2 heteroatoms. The Morgan fingerprint density at radius 1 is 1.11 bits per heavy atom. The summed E-state index contributed by atoms with van der Waals surface area (Å²) in [5, 5.41) is 9.54. The van der Waals surface area contributed by atoms with E-state index in [4.69, 9.17) is 0 Å². The summed E-state index contributed by atoms with van der Waals surface area (Å²) in [6.45, 7) is 6.54. The van der Waals surface area contributed by atoms with Crippen LogP contribution < -0.4 is 0 Å². The predicted octanol–water partition coefficient (Wildman–Crippen LogP) is 3.87. The van der Waals surface area contributed by atoms with Crippen molar-refractivity contribution in [2.75, 3.05) is 0 Å². The van der Waals surface area contributed by atoms with Gasteiger partial charge in [-0.05, 0) is 22.5 Å². The fourth-order valence-electron chi connectivity index (χ4n) is 2.36. The van der Waals surface area contributed by atoms with Gasteiger partial charge in [-0.25, -0.2) is 0 Å². The molecular formula is C16H20O2. The number of hydrogen-bond donors (Lipinski definition) is 1. The molecule has 18 heavy (non-hydrogen) atoms. The van der Waals surface area contributed by atoms with Crippen LogP contribution in [0, 0.1) is 0 Å². The zero-order valence-corrected chi connectivity index (χ0v) is 11.2. The zero-order chi connectivity index (χ0) is 13.3. The summed E-state index contributed by atoms with van der Waals surface area (Å²) in [7, 11) is 0. The van der Waals surface area contributed by atoms with E-state index in [1.54, 1.807) is 0 Å². The van der Waals surface area contributed by atoms with E-state index in [2.05, 4.69) is 45.0 Å². The van der Waals surface area contributed by atoms with Crippen LogP contribution in [0.4, 0.5) is 0 Å². The van der Waals surface area contributed by atoms with Crippen molar-refractivity contribution in [2.24, 2.45) is 0 Å². The Morgan fingerprint density at radius 3 is 2.22 bits per heavy atom. The van der Waals surface area contributed by atoms with Crippen LogP contribution in [-0.4, -0.2) is 10.9 Å². The lowest BCUT2D eigenvalue weighted by Crippen LogP contribution is -2.14. The highest BCUT2D eigenvalue weighted by molar-refractivity contribution is 5.91. The van der Waals surface area contributed by atoms with Crippen molar-refractivity contribution in [1.82, 2.24) is 0 Å². The van der Waals surface area contributed by atoms with Crippen molar-refractivity contribution in [1.29, 1.82) is 0 Å². The van der Waals surface area contributed by atoms with Crippen molar-refractivity contribution >= 4 is 5.78 Å². The number of aliphatic hydroxyl groups is 1. The lowest BCUT2D eigenvalue weighted by molar-refractivity contribution is -0.115. The minimum atomic E-state index is 0.0173. The molecule has 0 amide bonds. The number of benzene rings is 1. The molecule has 0 saturated heterocycles. The van der Waals surface area contributed by atoms with Gasteiger partial charge in [-0.3, -0.25) is 4.79 Å². The molecule has 0 bridgehead atoms. The molecule has 0 spiro atoms. The molecule has 1 aliphatic rings. The van der Waals surface area contributed by atoms with E-state index < -0.39 is 0 Å². The van der Waals surface area contributed by atoms with E-state index in [-0.39, 0.29) is 22.9 Å². The summed E-state index contributed by atoms with van der Waals surface area (Å²) in [4.78, 5) is 11.4. The number of carbonyl (C=O) groups excluding carboxylic acids is 1. The highest BCUT2D eigenvalue weighted by Gasteiger charge is 2.22. The molecule has 1 aliphatic carbocycles. The summed E-state index contributed by atoms with van der Waals surface area (Å²) in [6, 6.07) is 8.40. The van der Waals surface area contributed by atoms with Crippen LogP contribution in [0.2, 0.25) is 0 Å². The normalized spacial score (nSPS) is 20.7. The average Bonchev–Trinajstić information content (AvgIpc) is 2.27. The van der Waals surface area contributed by atoms with Gasteiger partial charge in [0.2, 0.25) is 0 Å². The monoisotopic (exact) mass is 244 g/mol. The Hall–Kier alpha value is -1.57. The van der Waals surface area contributed by atoms with Crippen molar-refractivity contribution < 1.29 is 9.90 Å². The van der Waals surface area contributed by atoms with Gasteiger partial charge in [0, 0.05) is 18.9 Å². The van der Waals surface area contributed by atoms with Gasteiger partial charge in [-0.2, -0.15) is 0 Å². The van der Waals surface area contributed by atoms with E-state index >= 15 is 0 Å². The first kappa shape index (κ1) is 12.9. The lowest BCUT2D eigenvalue weighted by Gasteiger charge is -2.22. The van der Waals surface area contributed by atoms with Crippen molar-refractivity contribution in [3.8, 4) is 0 Å². The Bertz CT molecular complexity index is 475. The van der Waals surface area contributed by atoms with Crippen LogP contribution in [0.5, 0.6) is 0 Å². The number of ketones is 1. The lowest BCUT2D eigenvalue weighted by atomic mass is 9.82. The van der Waals surface area contributed by atoms with Crippen LogP contribution >= 0.6 is 0 Å². The minimum Gasteiger partial charge on any atom is -0.512 e. The van der Waals surface area contributed by atoms with Gasteiger partial charge >= 0.3 is 0 Å². The van der Waals surface area contributed by atoms with Gasteiger partial charge in [-0.1, -0.05) is 45.0 Å². The summed E-state index contributed by atoms with van der Waals surface area (Å²) in [6.07, 6.45) is 2.42. The first-order valence-corrected chi connectivity index (χ1v) is 6.39. The molecule has 0 aromatic heterocycles. The second-order valence-corrected chi connectivity index (χ2v) is 6.08. The van der Waals surface area contributed by atoms with Crippen molar-refractivity contribution in [3.05, 3.63) is 47.2 Å². The van der Waals surface area contributed by atoms with Gasteiger partial charge < -0.3 is 5.11 Å². The largest absolute Gasteiger partial charge is 0.512 e. The summed E-state index contributed by atoms with van der Waals surface area (Å²) in [5.41, 5.74) is 2.56. The van der Waals surface area contributed by atoms with Crippen LogP contribution in [0.25, 0.3) is 0 Å². The number of aliphatic hydroxyl groups excluding tert-OH is 1. The number of carbonyl (C=O) groups is 1. The zero-order valence-electron chi connectivity index (χ0n) is 11.2. The number of hydrogen-bond acceptors (Lipinski definition) is 2. The number of rotatable bonds is 1. The molecule has 1 atom stereocenters. The molecule has 1 N–H and O–H groups in total. The molecule has 2 rings (SSSR count).